The van der Waals surface area contributed by atoms with Crippen molar-refractivity contribution in [3.63, 3.8) is 0 Å². The number of hydrogen-bond donors (Lipinski definition) is 1. The average molecular weight is 358 g/mol. The Labute approximate surface area is 159 Å². The lowest BCUT2D eigenvalue weighted by molar-refractivity contribution is 0.369. The van der Waals surface area contributed by atoms with Gasteiger partial charge in [0.2, 0.25) is 5.78 Å². The van der Waals surface area contributed by atoms with E-state index in [1.54, 1.807) is 0 Å². The van der Waals surface area contributed by atoms with E-state index in [1.165, 1.54) is 48.9 Å². The summed E-state index contributed by atoms with van der Waals surface area (Å²) in [5, 5.41) is 3.78. The number of rotatable bonds is 5. The maximum absolute atomic E-state index is 4.92. The third-order valence-electron chi connectivity index (χ3n) is 5.80. The second kappa shape index (κ2) is 7.20. The molecule has 0 bridgehead atoms. The van der Waals surface area contributed by atoms with Gasteiger partial charge in [-0.3, -0.25) is 4.40 Å². The van der Waals surface area contributed by atoms with E-state index in [4.69, 9.17) is 4.98 Å². The summed E-state index contributed by atoms with van der Waals surface area (Å²) in [6, 6.07) is 19.7. The summed E-state index contributed by atoms with van der Waals surface area (Å²) in [4.78, 5) is 4.92. The Morgan fingerprint density at radius 3 is 2.56 bits per heavy atom. The van der Waals surface area contributed by atoms with Crippen molar-refractivity contribution in [1.29, 1.82) is 0 Å². The van der Waals surface area contributed by atoms with E-state index in [0.717, 1.165) is 24.4 Å². The molecule has 0 amide bonds. The molecule has 0 spiro atoms. The molecule has 1 aliphatic carbocycles. The molecule has 2 heterocycles. The van der Waals surface area contributed by atoms with Crippen LogP contribution >= 0.6 is 0 Å². The highest BCUT2D eigenvalue weighted by atomic mass is 15.2. The van der Waals surface area contributed by atoms with Crippen LogP contribution in [0.2, 0.25) is 0 Å². The van der Waals surface area contributed by atoms with Crippen molar-refractivity contribution >= 4 is 16.8 Å². The molecule has 27 heavy (non-hydrogen) atoms. The fourth-order valence-corrected chi connectivity index (χ4v) is 4.40. The van der Waals surface area contributed by atoms with Crippen LogP contribution in [-0.4, -0.2) is 26.5 Å². The van der Waals surface area contributed by atoms with E-state index >= 15 is 0 Å². The summed E-state index contributed by atoms with van der Waals surface area (Å²) in [7, 11) is 0. The zero-order chi connectivity index (χ0) is 18.1. The number of nitrogens with zero attached hydrogens (tertiary/aromatic N) is 3. The number of imidazole rings is 2. The minimum atomic E-state index is 0.685. The highest BCUT2D eigenvalue weighted by molar-refractivity contribution is 5.81. The predicted molar refractivity (Wildman–Crippen MR) is 111 cm³/mol. The smallest absolute Gasteiger partial charge is 0.215 e. The van der Waals surface area contributed by atoms with Gasteiger partial charge in [-0.15, -0.1) is 0 Å². The first-order valence-electron chi connectivity index (χ1n) is 10.2. The third kappa shape index (κ3) is 3.15. The van der Waals surface area contributed by atoms with E-state index in [1.807, 2.05) is 0 Å². The van der Waals surface area contributed by atoms with Crippen molar-refractivity contribution in [2.45, 2.75) is 44.7 Å². The minimum Gasteiger partial charge on any atom is -0.312 e. The lowest BCUT2D eigenvalue weighted by atomic mass is 9.95. The van der Waals surface area contributed by atoms with E-state index in [2.05, 4.69) is 75.1 Å². The van der Waals surface area contributed by atoms with E-state index in [0.29, 0.717) is 6.04 Å². The average Bonchev–Trinajstić information content (AvgIpc) is 3.26. The maximum Gasteiger partial charge on any atom is 0.215 e. The molecule has 138 valence electrons. The quantitative estimate of drug-likeness (QED) is 0.552. The van der Waals surface area contributed by atoms with Crippen LogP contribution < -0.4 is 5.32 Å². The monoisotopic (exact) mass is 358 g/mol. The van der Waals surface area contributed by atoms with Crippen molar-refractivity contribution in [3.05, 3.63) is 60.8 Å². The Morgan fingerprint density at radius 2 is 1.70 bits per heavy atom. The molecule has 0 radical (unpaired) electrons. The normalized spacial score (nSPS) is 15.7. The van der Waals surface area contributed by atoms with Crippen LogP contribution in [0.4, 0.5) is 0 Å². The van der Waals surface area contributed by atoms with Crippen molar-refractivity contribution < 1.29 is 0 Å². The molecular formula is C23H26N4. The van der Waals surface area contributed by atoms with Gasteiger partial charge in [0, 0.05) is 25.3 Å². The lowest BCUT2D eigenvalue weighted by Gasteiger charge is -2.23. The Morgan fingerprint density at radius 1 is 0.926 bits per heavy atom. The number of benzene rings is 2. The van der Waals surface area contributed by atoms with Crippen molar-refractivity contribution in [2.24, 2.45) is 0 Å². The van der Waals surface area contributed by atoms with Gasteiger partial charge in [0.25, 0.3) is 0 Å². The van der Waals surface area contributed by atoms with Gasteiger partial charge in [0.05, 0.1) is 16.7 Å². The molecule has 5 rings (SSSR count). The predicted octanol–water partition coefficient (Wildman–Crippen LogP) is 4.88. The Kier molecular flexibility index (Phi) is 4.42. The summed E-state index contributed by atoms with van der Waals surface area (Å²) in [5.41, 5.74) is 4.70. The first kappa shape index (κ1) is 16.6. The van der Waals surface area contributed by atoms with Crippen LogP contribution in [0.25, 0.3) is 28.1 Å². The fraction of sp³-hybridized carbons (Fsp3) is 0.348. The summed E-state index contributed by atoms with van der Waals surface area (Å²) in [5.74, 6) is 1.03. The number of aromatic nitrogens is 3. The first-order chi connectivity index (χ1) is 13.4. The molecule has 1 saturated carbocycles. The molecule has 4 heteroatoms. The van der Waals surface area contributed by atoms with Gasteiger partial charge < -0.3 is 9.88 Å². The Balaban J connectivity index is 1.51. The van der Waals surface area contributed by atoms with Gasteiger partial charge in [0.15, 0.2) is 0 Å². The van der Waals surface area contributed by atoms with Crippen molar-refractivity contribution in [1.82, 2.24) is 19.3 Å². The maximum atomic E-state index is 4.92. The Hall–Kier alpha value is -2.59. The first-order valence-corrected chi connectivity index (χ1v) is 10.2. The summed E-state index contributed by atoms with van der Waals surface area (Å²) < 4.78 is 4.60. The zero-order valence-corrected chi connectivity index (χ0v) is 15.6. The van der Waals surface area contributed by atoms with E-state index < -0.39 is 0 Å². The largest absolute Gasteiger partial charge is 0.312 e. The van der Waals surface area contributed by atoms with Gasteiger partial charge in [-0.25, -0.2) is 4.98 Å². The molecule has 1 fully saturated rings. The van der Waals surface area contributed by atoms with Gasteiger partial charge in [-0.05, 0) is 30.5 Å². The molecule has 0 unspecified atom stereocenters. The molecule has 4 aromatic rings. The van der Waals surface area contributed by atoms with Crippen LogP contribution in [0.3, 0.4) is 0 Å². The van der Waals surface area contributed by atoms with Crippen LogP contribution in [0.1, 0.15) is 32.1 Å². The zero-order valence-electron chi connectivity index (χ0n) is 15.6. The molecular weight excluding hydrogens is 332 g/mol. The third-order valence-corrected chi connectivity index (χ3v) is 5.80. The molecule has 0 atom stereocenters. The fourth-order valence-electron chi connectivity index (χ4n) is 4.40. The lowest BCUT2D eigenvalue weighted by Crippen LogP contribution is -2.33. The SMILES string of the molecule is c1ccc(-c2cn3c4ccccc4nc3n2CCNC2CCCCC2)cc1. The molecule has 1 aliphatic rings. The highest BCUT2D eigenvalue weighted by Crippen LogP contribution is 2.26. The van der Waals surface area contributed by atoms with Gasteiger partial charge in [-0.1, -0.05) is 61.7 Å². The molecule has 1 N–H and O–H groups in total. The standard InChI is InChI=1S/C23H26N4/c1-3-9-18(10-4-1)22-17-27-21-14-8-7-13-20(21)25-23(27)26(22)16-15-24-19-11-5-2-6-12-19/h1,3-4,7-10,13-14,17,19,24H,2,5-6,11-12,15-16H2. The van der Waals surface area contributed by atoms with Crippen LogP contribution in [0, 0.1) is 0 Å². The number of nitrogens with one attached hydrogen (secondary N) is 1. The van der Waals surface area contributed by atoms with Crippen LogP contribution in [0.15, 0.2) is 60.8 Å². The van der Waals surface area contributed by atoms with E-state index in [9.17, 15) is 0 Å². The highest BCUT2D eigenvalue weighted by Gasteiger charge is 2.16. The summed E-state index contributed by atoms with van der Waals surface area (Å²) >= 11 is 0. The Bertz CT molecular complexity index is 1040. The number of fused-ring (bicyclic) bond motifs is 3. The van der Waals surface area contributed by atoms with Crippen LogP contribution in [-0.2, 0) is 6.54 Å². The molecule has 0 aliphatic heterocycles. The number of para-hydroxylation sites is 2. The molecule has 4 nitrogen and oxygen atoms in total. The summed E-state index contributed by atoms with van der Waals surface area (Å²) in [6.45, 7) is 1.92. The van der Waals surface area contributed by atoms with Gasteiger partial charge in [0.1, 0.15) is 0 Å². The van der Waals surface area contributed by atoms with Crippen molar-refractivity contribution in [3.8, 4) is 11.3 Å². The van der Waals surface area contributed by atoms with Crippen LogP contribution in [0.5, 0.6) is 0 Å². The molecule has 2 aromatic heterocycles. The second-order valence-corrected chi connectivity index (χ2v) is 7.59. The van der Waals surface area contributed by atoms with Gasteiger partial charge in [-0.2, -0.15) is 0 Å². The molecule has 0 saturated heterocycles. The van der Waals surface area contributed by atoms with E-state index in [-0.39, 0.29) is 0 Å². The van der Waals surface area contributed by atoms with Crippen molar-refractivity contribution in [2.75, 3.05) is 6.54 Å². The van der Waals surface area contributed by atoms with Gasteiger partial charge >= 0.3 is 0 Å². The second-order valence-electron chi connectivity index (χ2n) is 7.59. The summed E-state index contributed by atoms with van der Waals surface area (Å²) in [6.07, 6.45) is 9.01. The minimum absolute atomic E-state index is 0.685. The number of hydrogen-bond acceptors (Lipinski definition) is 2. The topological polar surface area (TPSA) is 34.3 Å². The molecule has 2 aromatic carbocycles.